The number of benzene rings is 1. The number of nitrogens with one attached hydrogen (secondary N) is 1. The lowest BCUT2D eigenvalue weighted by atomic mass is 9.76. The van der Waals surface area contributed by atoms with Crippen molar-refractivity contribution in [3.8, 4) is 0 Å². The van der Waals surface area contributed by atoms with Gasteiger partial charge in [-0.1, -0.05) is 32.1 Å². The van der Waals surface area contributed by atoms with Crippen molar-refractivity contribution in [3.05, 3.63) is 29.8 Å². The lowest BCUT2D eigenvalue weighted by Crippen LogP contribution is -2.49. The molecule has 4 N–H and O–H groups in total. The second-order valence-corrected chi connectivity index (χ2v) is 10.2. The monoisotopic (exact) mass is 455 g/mol. The molecule has 0 spiro atoms. The normalized spacial score (nSPS) is 28.5. The van der Waals surface area contributed by atoms with E-state index in [4.69, 9.17) is 10.8 Å². The fraction of sp³-hybridized carbons (Fsp3) is 0.654. The van der Waals surface area contributed by atoms with Gasteiger partial charge in [-0.3, -0.25) is 9.59 Å². The van der Waals surface area contributed by atoms with Gasteiger partial charge < -0.3 is 21.1 Å². The Morgan fingerprint density at radius 1 is 0.939 bits per heavy atom. The topological polar surface area (TPSA) is 113 Å². The summed E-state index contributed by atoms with van der Waals surface area (Å²) in [6.07, 6.45) is 10.5. The molecule has 180 valence electrons. The third kappa shape index (κ3) is 5.40. The van der Waals surface area contributed by atoms with Crippen molar-refractivity contribution >= 4 is 23.5 Å². The van der Waals surface area contributed by atoms with Crippen LogP contribution in [0.3, 0.4) is 0 Å². The average molecular weight is 456 g/mol. The van der Waals surface area contributed by atoms with Crippen LogP contribution < -0.4 is 11.1 Å². The van der Waals surface area contributed by atoms with Gasteiger partial charge in [0.15, 0.2) is 0 Å². The van der Waals surface area contributed by atoms with E-state index in [1.165, 1.54) is 31.4 Å². The molecule has 1 aliphatic heterocycles. The number of carbonyl (C=O) groups excluding carboxylic acids is 2. The van der Waals surface area contributed by atoms with Gasteiger partial charge in [-0.15, -0.1) is 0 Å². The molecule has 2 atom stereocenters. The zero-order chi connectivity index (χ0) is 23.4. The van der Waals surface area contributed by atoms with Crippen molar-refractivity contribution in [1.29, 1.82) is 0 Å². The Balaban J connectivity index is 1.51. The van der Waals surface area contributed by atoms with E-state index in [9.17, 15) is 14.4 Å². The van der Waals surface area contributed by atoms with Crippen molar-refractivity contribution in [3.63, 3.8) is 0 Å². The van der Waals surface area contributed by atoms with Gasteiger partial charge in [0.1, 0.15) is 6.04 Å². The van der Waals surface area contributed by atoms with E-state index < -0.39 is 12.0 Å². The van der Waals surface area contributed by atoms with Crippen molar-refractivity contribution in [2.45, 2.75) is 70.3 Å². The van der Waals surface area contributed by atoms with Crippen LogP contribution in [0.15, 0.2) is 24.3 Å². The molecule has 2 amide bonds. The smallest absolute Gasteiger partial charge is 0.335 e. The molecule has 1 aromatic rings. The van der Waals surface area contributed by atoms with Crippen molar-refractivity contribution in [2.75, 3.05) is 18.4 Å². The van der Waals surface area contributed by atoms with E-state index in [-0.39, 0.29) is 29.2 Å². The number of nitrogens with two attached hydrogens (primary N) is 1. The van der Waals surface area contributed by atoms with Crippen LogP contribution in [0.25, 0.3) is 0 Å². The van der Waals surface area contributed by atoms with Gasteiger partial charge in [-0.2, -0.15) is 0 Å². The highest BCUT2D eigenvalue weighted by atomic mass is 16.4. The second-order valence-electron chi connectivity index (χ2n) is 10.2. The zero-order valence-electron chi connectivity index (χ0n) is 19.4. The van der Waals surface area contributed by atoms with Crippen molar-refractivity contribution in [2.24, 2.45) is 29.4 Å². The van der Waals surface area contributed by atoms with Gasteiger partial charge in [-0.25, -0.2) is 4.79 Å². The van der Waals surface area contributed by atoms with Crippen molar-refractivity contribution < 1.29 is 19.5 Å². The number of amides is 2. The summed E-state index contributed by atoms with van der Waals surface area (Å²) in [6.45, 7) is 1.33. The van der Waals surface area contributed by atoms with E-state index >= 15 is 0 Å². The highest BCUT2D eigenvalue weighted by Crippen LogP contribution is 2.41. The average Bonchev–Trinajstić information content (AvgIpc) is 3.30. The Hall–Kier alpha value is -2.41. The van der Waals surface area contributed by atoms with Gasteiger partial charge in [0, 0.05) is 18.2 Å². The number of hydrogen-bond donors (Lipinski definition) is 3. The summed E-state index contributed by atoms with van der Waals surface area (Å²) in [5, 5.41) is 12.1. The van der Waals surface area contributed by atoms with E-state index in [2.05, 4.69) is 5.32 Å². The Kier molecular flexibility index (Phi) is 7.68. The van der Waals surface area contributed by atoms with Gasteiger partial charge in [0.2, 0.25) is 11.8 Å². The molecular weight excluding hydrogens is 418 g/mol. The maximum absolute atomic E-state index is 13.6. The second kappa shape index (κ2) is 10.7. The summed E-state index contributed by atoms with van der Waals surface area (Å²) in [4.78, 5) is 40.1. The van der Waals surface area contributed by atoms with Crippen LogP contribution in [-0.2, 0) is 9.59 Å². The summed E-state index contributed by atoms with van der Waals surface area (Å²) in [7, 11) is 0. The third-order valence-corrected chi connectivity index (χ3v) is 8.18. The first kappa shape index (κ1) is 23.7. The van der Waals surface area contributed by atoms with Crippen LogP contribution in [0.1, 0.15) is 74.6 Å². The van der Waals surface area contributed by atoms with Crippen molar-refractivity contribution in [1.82, 2.24) is 4.90 Å². The third-order valence-electron chi connectivity index (χ3n) is 8.18. The Bertz CT molecular complexity index is 842. The summed E-state index contributed by atoms with van der Waals surface area (Å²) in [6, 6.07) is 5.76. The lowest BCUT2D eigenvalue weighted by molar-refractivity contribution is -0.142. The maximum Gasteiger partial charge on any atom is 0.335 e. The maximum atomic E-state index is 13.6. The quantitative estimate of drug-likeness (QED) is 0.602. The fourth-order valence-electron chi connectivity index (χ4n) is 6.25. The number of nitrogens with zero attached hydrogens (tertiary/aromatic N) is 1. The summed E-state index contributed by atoms with van der Waals surface area (Å²) in [5.74, 6) is 0.156. The van der Waals surface area contributed by atoms with Crippen LogP contribution in [-0.4, -0.2) is 46.9 Å². The molecule has 7 heteroatoms. The molecule has 0 radical (unpaired) electrons. The lowest BCUT2D eigenvalue weighted by Gasteiger charge is -2.36. The SMILES string of the molecule is NC[C@H]1CC[C@H](C(=O)N2CC[C@@H](C3CCCCC3)[C@H]2C(=O)Nc2ccc(C(=O)O)cc2)CC1. The molecule has 2 aliphatic carbocycles. The van der Waals surface area contributed by atoms with E-state index in [0.29, 0.717) is 30.6 Å². The molecular formula is C26H37N3O4. The number of aromatic carboxylic acids is 1. The molecule has 33 heavy (non-hydrogen) atoms. The van der Waals surface area contributed by atoms with Gasteiger partial charge in [0.25, 0.3) is 0 Å². The van der Waals surface area contributed by atoms with E-state index in [1.54, 1.807) is 12.1 Å². The predicted octanol–water partition coefficient (Wildman–Crippen LogP) is 3.89. The van der Waals surface area contributed by atoms with Crippen LogP contribution in [0, 0.1) is 23.7 Å². The number of carboxylic acids is 1. The fourth-order valence-corrected chi connectivity index (χ4v) is 6.25. The molecule has 1 aromatic carbocycles. The highest BCUT2D eigenvalue weighted by molar-refractivity contribution is 5.98. The first-order valence-electron chi connectivity index (χ1n) is 12.6. The first-order chi connectivity index (χ1) is 16.0. The molecule has 1 heterocycles. The number of likely N-dealkylation sites (tertiary alicyclic amines) is 1. The molecule has 7 nitrogen and oxygen atoms in total. The molecule has 2 saturated carbocycles. The summed E-state index contributed by atoms with van der Waals surface area (Å²) in [5.41, 5.74) is 6.57. The standard InChI is InChI=1S/C26H37N3O4/c27-16-17-6-8-19(9-7-17)25(31)29-15-14-22(18-4-2-1-3-5-18)23(29)24(30)28-21-12-10-20(11-13-21)26(32)33/h10-13,17-19,22-23H,1-9,14-16,27H2,(H,28,30)(H,32,33)/t17-,19-,22-,23-/m0/s1. The van der Waals surface area contributed by atoms with Crippen LogP contribution in [0.4, 0.5) is 5.69 Å². The largest absolute Gasteiger partial charge is 0.478 e. The minimum absolute atomic E-state index is 0.0111. The number of rotatable bonds is 6. The minimum atomic E-state index is -0.998. The molecule has 4 rings (SSSR count). The molecule has 3 aliphatic rings. The Morgan fingerprint density at radius 2 is 1.61 bits per heavy atom. The van der Waals surface area contributed by atoms with Gasteiger partial charge in [-0.05, 0) is 80.7 Å². The molecule has 0 unspecified atom stereocenters. The van der Waals surface area contributed by atoms with E-state index in [0.717, 1.165) is 44.9 Å². The Labute approximate surface area is 196 Å². The van der Waals surface area contributed by atoms with Gasteiger partial charge in [0.05, 0.1) is 5.56 Å². The molecule has 1 saturated heterocycles. The minimum Gasteiger partial charge on any atom is -0.478 e. The summed E-state index contributed by atoms with van der Waals surface area (Å²) < 4.78 is 0. The number of hydrogen-bond acceptors (Lipinski definition) is 4. The zero-order valence-corrected chi connectivity index (χ0v) is 19.4. The molecule has 0 aromatic heterocycles. The van der Waals surface area contributed by atoms with E-state index in [1.807, 2.05) is 4.90 Å². The van der Waals surface area contributed by atoms with Crippen LogP contribution >= 0.6 is 0 Å². The molecule has 0 bridgehead atoms. The number of anilines is 1. The summed E-state index contributed by atoms with van der Waals surface area (Å²) >= 11 is 0. The first-order valence-corrected chi connectivity index (χ1v) is 12.6. The number of carboxylic acid groups (broad SMARTS) is 1. The van der Waals surface area contributed by atoms with Gasteiger partial charge >= 0.3 is 5.97 Å². The van der Waals surface area contributed by atoms with Crippen LogP contribution in [0.2, 0.25) is 0 Å². The number of carbonyl (C=O) groups is 3. The predicted molar refractivity (Wildman–Crippen MR) is 127 cm³/mol. The highest BCUT2D eigenvalue weighted by Gasteiger charge is 2.46. The Morgan fingerprint density at radius 3 is 2.21 bits per heavy atom. The molecule has 3 fully saturated rings. The van der Waals surface area contributed by atoms with Crippen LogP contribution in [0.5, 0.6) is 0 Å².